The van der Waals surface area contributed by atoms with Gasteiger partial charge in [-0.2, -0.15) is 0 Å². The zero-order chi connectivity index (χ0) is 31.0. The van der Waals surface area contributed by atoms with E-state index >= 15 is 0 Å². The predicted octanol–water partition coefficient (Wildman–Crippen LogP) is 2.36. The number of ether oxygens (including phenoxy) is 1. The van der Waals surface area contributed by atoms with E-state index in [1.807, 2.05) is 15.5 Å². The predicted molar refractivity (Wildman–Crippen MR) is 154 cm³/mol. The number of likely N-dealkylation sites (tertiary alicyclic amines) is 1. The fraction of sp³-hybridized carbons (Fsp3) is 0.406. The van der Waals surface area contributed by atoms with Crippen LogP contribution in [0.25, 0.3) is 0 Å². The Hall–Kier alpha value is -4.67. The van der Waals surface area contributed by atoms with Gasteiger partial charge in [0.25, 0.3) is 5.56 Å². The molecule has 1 fully saturated rings. The van der Waals surface area contributed by atoms with Crippen molar-refractivity contribution in [2.24, 2.45) is 5.92 Å². The normalized spacial score (nSPS) is 24.8. The first-order chi connectivity index (χ1) is 20.3. The van der Waals surface area contributed by atoms with Crippen molar-refractivity contribution in [2.45, 2.75) is 58.4 Å². The number of phenols is 2. The van der Waals surface area contributed by atoms with Gasteiger partial charge in [-0.05, 0) is 46.1 Å². The molecule has 4 aliphatic rings. The lowest BCUT2D eigenvalue weighted by Crippen LogP contribution is -2.49. The van der Waals surface area contributed by atoms with Crippen molar-refractivity contribution in [3.05, 3.63) is 74.0 Å². The van der Waals surface area contributed by atoms with Crippen molar-refractivity contribution < 1.29 is 34.1 Å². The van der Waals surface area contributed by atoms with E-state index in [2.05, 4.69) is 5.32 Å². The average molecular weight is 588 g/mol. The number of phenolic OH excluding ortho intramolecular Hbond substituents is 2. The summed E-state index contributed by atoms with van der Waals surface area (Å²) in [7, 11) is 0. The minimum absolute atomic E-state index is 0.0160. The van der Waals surface area contributed by atoms with Gasteiger partial charge in [0, 0.05) is 67.6 Å². The van der Waals surface area contributed by atoms with E-state index in [-0.39, 0.29) is 81.5 Å². The SMILES string of the molecule is CC(=O)c1c(O)c(C)c(O)c2c1OC1=CC(=O)/C(=C(/C)NCCC(=O)N3C[C@@H]4C[C@H](C3)c3cccc(=O)n3C4)C(=O)[C@]12C. The third-order valence-electron chi connectivity index (χ3n) is 9.32. The van der Waals surface area contributed by atoms with Crippen LogP contribution in [0.5, 0.6) is 17.2 Å². The largest absolute Gasteiger partial charge is 0.507 e. The van der Waals surface area contributed by atoms with Gasteiger partial charge in [0.1, 0.15) is 34.0 Å². The van der Waals surface area contributed by atoms with Gasteiger partial charge in [-0.25, -0.2) is 0 Å². The van der Waals surface area contributed by atoms with E-state index in [4.69, 9.17) is 4.74 Å². The number of rotatable bonds is 5. The summed E-state index contributed by atoms with van der Waals surface area (Å²) in [5, 5.41) is 24.6. The number of fused-ring (bicyclic) bond motifs is 7. The second-order valence-corrected chi connectivity index (χ2v) is 12.1. The van der Waals surface area contributed by atoms with Crippen LogP contribution in [0, 0.1) is 12.8 Å². The van der Waals surface area contributed by atoms with Crippen LogP contribution in [0.4, 0.5) is 0 Å². The maximum atomic E-state index is 14.0. The van der Waals surface area contributed by atoms with Gasteiger partial charge in [-0.3, -0.25) is 24.0 Å². The molecule has 2 bridgehead atoms. The van der Waals surface area contributed by atoms with E-state index < -0.39 is 28.5 Å². The van der Waals surface area contributed by atoms with Crippen LogP contribution in [-0.4, -0.2) is 62.6 Å². The Balaban J connectivity index is 1.20. The minimum Gasteiger partial charge on any atom is -0.507 e. The number of aromatic nitrogens is 1. The van der Waals surface area contributed by atoms with Gasteiger partial charge in [0.15, 0.2) is 17.3 Å². The number of aromatic hydroxyl groups is 2. The highest BCUT2D eigenvalue weighted by Gasteiger charge is 2.56. The smallest absolute Gasteiger partial charge is 0.250 e. The lowest BCUT2D eigenvalue weighted by Gasteiger charge is -2.42. The molecule has 11 nitrogen and oxygen atoms in total. The number of Topliss-reactive ketones (excluding diaryl/α,β-unsaturated/α-hetero) is 2. The van der Waals surface area contributed by atoms with Crippen LogP contribution in [0.3, 0.4) is 0 Å². The van der Waals surface area contributed by atoms with Crippen LogP contribution >= 0.6 is 0 Å². The number of hydrogen-bond donors (Lipinski definition) is 3. The number of amides is 1. The van der Waals surface area contributed by atoms with Crippen molar-refractivity contribution in [3.8, 4) is 17.2 Å². The summed E-state index contributed by atoms with van der Waals surface area (Å²) in [6.45, 7) is 7.62. The van der Waals surface area contributed by atoms with E-state index in [1.165, 1.54) is 26.8 Å². The first-order valence-electron chi connectivity index (χ1n) is 14.4. The maximum Gasteiger partial charge on any atom is 0.250 e. The molecule has 1 saturated heterocycles. The summed E-state index contributed by atoms with van der Waals surface area (Å²) >= 11 is 0. The standard InChI is InChI=1S/C32H33N3O8/c1-15-28(40)26(17(3)36)30-27(29(15)41)32(4)22(43-30)11-21(37)25(31(32)42)16(2)33-9-8-23(38)34-12-18-10-19(14-34)20-6-5-7-24(39)35(20)13-18/h5-7,11,18-19,33,40-41H,8-10,12-14H2,1-4H3/b25-16+/t18-,19+,32+/m0/s1. The van der Waals surface area contributed by atoms with Gasteiger partial charge >= 0.3 is 0 Å². The Labute approximate surface area is 247 Å². The number of carbonyl (C=O) groups excluding carboxylic acids is 4. The fourth-order valence-electron chi connectivity index (χ4n) is 7.07. The van der Waals surface area contributed by atoms with E-state index in [0.29, 0.717) is 19.6 Å². The molecule has 6 rings (SSSR count). The first kappa shape index (κ1) is 28.4. The highest BCUT2D eigenvalue weighted by atomic mass is 16.5. The quantitative estimate of drug-likeness (QED) is 0.272. The molecule has 1 aromatic carbocycles. The molecule has 0 saturated carbocycles. The zero-order valence-corrected chi connectivity index (χ0v) is 24.4. The van der Waals surface area contributed by atoms with Crippen molar-refractivity contribution in [1.82, 2.24) is 14.8 Å². The van der Waals surface area contributed by atoms with Crippen LogP contribution < -0.4 is 15.6 Å². The van der Waals surface area contributed by atoms with Crippen LogP contribution in [0.15, 0.2) is 46.1 Å². The number of benzene rings is 1. The Morgan fingerprint density at radius 2 is 1.84 bits per heavy atom. The molecule has 224 valence electrons. The highest BCUT2D eigenvalue weighted by Crippen LogP contribution is 2.57. The molecule has 3 atom stereocenters. The number of allylic oxidation sites excluding steroid dienone is 4. The van der Waals surface area contributed by atoms with Gasteiger partial charge in [-0.15, -0.1) is 0 Å². The molecule has 4 heterocycles. The van der Waals surface area contributed by atoms with Crippen LogP contribution in [-0.2, 0) is 26.3 Å². The van der Waals surface area contributed by atoms with Crippen molar-refractivity contribution in [3.63, 3.8) is 0 Å². The van der Waals surface area contributed by atoms with Gasteiger partial charge in [0.2, 0.25) is 5.91 Å². The lowest BCUT2D eigenvalue weighted by atomic mass is 9.70. The van der Waals surface area contributed by atoms with Gasteiger partial charge < -0.3 is 29.7 Å². The third-order valence-corrected chi connectivity index (χ3v) is 9.32. The Morgan fingerprint density at radius 3 is 2.56 bits per heavy atom. The Bertz CT molecular complexity index is 1770. The number of nitrogens with one attached hydrogen (secondary N) is 1. The second kappa shape index (κ2) is 9.96. The third kappa shape index (κ3) is 4.20. The molecule has 3 aliphatic heterocycles. The average Bonchev–Trinajstić information content (AvgIpc) is 3.24. The minimum atomic E-state index is -1.60. The maximum absolute atomic E-state index is 14.0. The number of piperidine rings is 1. The highest BCUT2D eigenvalue weighted by molar-refractivity contribution is 6.31. The molecule has 0 radical (unpaired) electrons. The first-order valence-corrected chi connectivity index (χ1v) is 14.4. The van der Waals surface area contributed by atoms with Crippen molar-refractivity contribution in [2.75, 3.05) is 19.6 Å². The molecule has 1 aliphatic carbocycles. The molecule has 0 unspecified atom stereocenters. The summed E-state index contributed by atoms with van der Waals surface area (Å²) < 4.78 is 7.61. The number of nitrogens with zero attached hydrogens (tertiary/aromatic N) is 2. The summed E-state index contributed by atoms with van der Waals surface area (Å²) in [4.78, 5) is 66.8. The molecule has 1 amide bonds. The molecule has 2 aromatic rings. The number of pyridine rings is 1. The number of carbonyl (C=O) groups is 4. The van der Waals surface area contributed by atoms with Crippen LogP contribution in [0.2, 0.25) is 0 Å². The van der Waals surface area contributed by atoms with E-state index in [9.17, 15) is 34.2 Å². The zero-order valence-electron chi connectivity index (χ0n) is 24.4. The molecule has 0 spiro atoms. The molecule has 3 N–H and O–H groups in total. The van der Waals surface area contributed by atoms with Gasteiger partial charge in [0.05, 0.1) is 11.1 Å². The number of ketones is 3. The number of hydrogen-bond acceptors (Lipinski definition) is 9. The van der Waals surface area contributed by atoms with Crippen LogP contribution in [0.1, 0.15) is 66.7 Å². The van der Waals surface area contributed by atoms with E-state index in [0.717, 1.165) is 12.1 Å². The summed E-state index contributed by atoms with van der Waals surface area (Å²) in [6, 6.07) is 5.27. The molecule has 43 heavy (non-hydrogen) atoms. The Morgan fingerprint density at radius 1 is 1.09 bits per heavy atom. The second-order valence-electron chi connectivity index (χ2n) is 12.1. The Kier molecular flexibility index (Phi) is 6.59. The molecular formula is C32H33N3O8. The molecular weight excluding hydrogens is 554 g/mol. The van der Waals surface area contributed by atoms with E-state index in [1.54, 1.807) is 19.1 Å². The molecule has 1 aromatic heterocycles. The summed E-state index contributed by atoms with van der Waals surface area (Å²) in [5.74, 6) is -2.52. The monoisotopic (exact) mass is 587 g/mol. The topological polar surface area (TPSA) is 155 Å². The van der Waals surface area contributed by atoms with Crippen molar-refractivity contribution >= 4 is 23.3 Å². The van der Waals surface area contributed by atoms with Gasteiger partial charge in [-0.1, -0.05) is 6.07 Å². The lowest BCUT2D eigenvalue weighted by molar-refractivity contribution is -0.133. The summed E-state index contributed by atoms with van der Waals surface area (Å²) in [5.41, 5.74) is -0.644. The fourth-order valence-corrected chi connectivity index (χ4v) is 7.07. The molecule has 11 heteroatoms. The summed E-state index contributed by atoms with van der Waals surface area (Å²) in [6.07, 6.45) is 2.24. The van der Waals surface area contributed by atoms with Crippen molar-refractivity contribution in [1.29, 1.82) is 0 Å².